The lowest BCUT2D eigenvalue weighted by atomic mass is 9.87. The van der Waals surface area contributed by atoms with Gasteiger partial charge in [-0.1, -0.05) is 110 Å². The third kappa shape index (κ3) is 16.4. The standard InChI is InChI=1S/C24H50N2O2/c1-2-3-4-5-6-7-8-9-10-11-12-13-14-15-16-17-20-24(26,23(27)28)21-18-19-22-25/h2-22,25-26H2,1H3,(H,27,28)/t24-/m0/s1. The molecule has 0 aromatic rings. The first-order valence-corrected chi connectivity index (χ1v) is 12.3. The molecule has 0 bridgehead atoms. The summed E-state index contributed by atoms with van der Waals surface area (Å²) >= 11 is 0. The average molecular weight is 399 g/mol. The van der Waals surface area contributed by atoms with Crippen LogP contribution in [0.25, 0.3) is 0 Å². The molecule has 0 heterocycles. The van der Waals surface area contributed by atoms with Crippen LogP contribution in [-0.2, 0) is 4.79 Å². The zero-order chi connectivity index (χ0) is 20.9. The summed E-state index contributed by atoms with van der Waals surface area (Å²) in [6.45, 7) is 2.88. The maximum Gasteiger partial charge on any atom is 0.323 e. The maximum atomic E-state index is 11.5. The number of hydrogen-bond donors (Lipinski definition) is 3. The van der Waals surface area contributed by atoms with E-state index in [1.165, 1.54) is 89.9 Å². The molecule has 4 heteroatoms. The van der Waals surface area contributed by atoms with Crippen molar-refractivity contribution >= 4 is 5.97 Å². The number of carboxylic acids is 1. The summed E-state index contributed by atoms with van der Waals surface area (Å²) in [5, 5.41) is 9.40. The van der Waals surface area contributed by atoms with Gasteiger partial charge in [0.15, 0.2) is 0 Å². The Kier molecular flexibility index (Phi) is 19.3. The molecule has 28 heavy (non-hydrogen) atoms. The minimum Gasteiger partial charge on any atom is -0.480 e. The number of unbranched alkanes of at least 4 members (excludes halogenated alkanes) is 16. The van der Waals surface area contributed by atoms with Gasteiger partial charge in [0, 0.05) is 0 Å². The largest absolute Gasteiger partial charge is 0.480 e. The second-order valence-electron chi connectivity index (χ2n) is 8.76. The van der Waals surface area contributed by atoms with Gasteiger partial charge in [0.05, 0.1) is 0 Å². The molecule has 1 atom stereocenters. The van der Waals surface area contributed by atoms with Gasteiger partial charge in [0.1, 0.15) is 5.54 Å². The number of carbonyl (C=O) groups is 1. The van der Waals surface area contributed by atoms with Gasteiger partial charge in [0.2, 0.25) is 0 Å². The number of rotatable bonds is 22. The molecule has 0 aliphatic carbocycles. The fourth-order valence-corrected chi connectivity index (χ4v) is 3.91. The molecule has 0 aromatic carbocycles. The van der Waals surface area contributed by atoms with Crippen LogP contribution in [-0.4, -0.2) is 23.2 Å². The molecule has 0 aromatic heterocycles. The van der Waals surface area contributed by atoms with Gasteiger partial charge in [-0.3, -0.25) is 4.79 Å². The van der Waals surface area contributed by atoms with Crippen molar-refractivity contribution in [3.05, 3.63) is 0 Å². The zero-order valence-electron chi connectivity index (χ0n) is 18.9. The molecule has 0 spiro atoms. The van der Waals surface area contributed by atoms with Crippen LogP contribution in [0.5, 0.6) is 0 Å². The molecular weight excluding hydrogens is 348 g/mol. The van der Waals surface area contributed by atoms with Crippen LogP contribution in [0.3, 0.4) is 0 Å². The number of nitrogens with two attached hydrogens (primary N) is 2. The Bertz CT molecular complexity index is 349. The average Bonchev–Trinajstić information content (AvgIpc) is 2.67. The van der Waals surface area contributed by atoms with Crippen LogP contribution < -0.4 is 11.5 Å². The van der Waals surface area contributed by atoms with Crippen LogP contribution in [0.4, 0.5) is 0 Å². The van der Waals surface area contributed by atoms with Crippen molar-refractivity contribution in [2.75, 3.05) is 6.54 Å². The summed E-state index contributed by atoms with van der Waals surface area (Å²) in [4.78, 5) is 11.5. The van der Waals surface area contributed by atoms with Gasteiger partial charge >= 0.3 is 5.97 Å². The maximum absolute atomic E-state index is 11.5. The molecule has 0 rings (SSSR count). The third-order valence-electron chi connectivity index (χ3n) is 5.98. The first-order chi connectivity index (χ1) is 13.6. The van der Waals surface area contributed by atoms with Crippen molar-refractivity contribution in [1.29, 1.82) is 0 Å². The summed E-state index contributed by atoms with van der Waals surface area (Å²) in [5.74, 6) is -0.856. The van der Waals surface area contributed by atoms with Crippen LogP contribution in [0.15, 0.2) is 0 Å². The summed E-state index contributed by atoms with van der Waals surface area (Å²) in [7, 11) is 0. The number of hydrogen-bond acceptors (Lipinski definition) is 3. The monoisotopic (exact) mass is 398 g/mol. The lowest BCUT2D eigenvalue weighted by Crippen LogP contribution is -2.47. The second kappa shape index (κ2) is 19.7. The van der Waals surface area contributed by atoms with Crippen LogP contribution in [0.2, 0.25) is 0 Å². The van der Waals surface area contributed by atoms with Crippen LogP contribution in [0, 0.1) is 0 Å². The van der Waals surface area contributed by atoms with E-state index < -0.39 is 11.5 Å². The van der Waals surface area contributed by atoms with Gasteiger partial charge in [-0.25, -0.2) is 0 Å². The zero-order valence-corrected chi connectivity index (χ0v) is 18.9. The van der Waals surface area contributed by atoms with Gasteiger partial charge in [-0.05, 0) is 32.2 Å². The molecule has 0 saturated heterocycles. The Hall–Kier alpha value is -0.610. The summed E-state index contributed by atoms with van der Waals surface area (Å²) in [5.41, 5.74) is 10.5. The highest BCUT2D eigenvalue weighted by Gasteiger charge is 2.32. The van der Waals surface area contributed by atoms with E-state index in [0.717, 1.165) is 25.7 Å². The van der Waals surface area contributed by atoms with Crippen LogP contribution in [0.1, 0.15) is 135 Å². The highest BCUT2D eigenvalue weighted by Crippen LogP contribution is 2.21. The molecule has 0 aliphatic heterocycles. The van der Waals surface area contributed by atoms with Crippen molar-refractivity contribution in [3.63, 3.8) is 0 Å². The lowest BCUT2D eigenvalue weighted by molar-refractivity contribution is -0.144. The SMILES string of the molecule is CCCCCCCCCCCCCCCCCC[C@](N)(CCCCN)C(=O)O. The quantitative estimate of drug-likeness (QED) is 0.180. The molecule has 0 unspecified atom stereocenters. The minimum atomic E-state index is -1.05. The van der Waals surface area contributed by atoms with E-state index in [-0.39, 0.29) is 0 Å². The van der Waals surface area contributed by atoms with E-state index in [2.05, 4.69) is 6.92 Å². The van der Waals surface area contributed by atoms with Crippen molar-refractivity contribution in [2.45, 2.75) is 141 Å². The summed E-state index contributed by atoms with van der Waals surface area (Å²) in [6.07, 6.45) is 24.0. The molecule has 0 fully saturated rings. The Morgan fingerprint density at radius 2 is 0.964 bits per heavy atom. The third-order valence-corrected chi connectivity index (χ3v) is 5.98. The lowest BCUT2D eigenvalue weighted by Gasteiger charge is -2.24. The predicted molar refractivity (Wildman–Crippen MR) is 122 cm³/mol. The first kappa shape index (κ1) is 27.4. The van der Waals surface area contributed by atoms with Crippen molar-refractivity contribution in [2.24, 2.45) is 11.5 Å². The Labute approximate surface area is 175 Å². The van der Waals surface area contributed by atoms with E-state index in [1.54, 1.807) is 0 Å². The molecule has 168 valence electrons. The molecule has 4 nitrogen and oxygen atoms in total. The molecule has 0 aliphatic rings. The molecule has 0 amide bonds. The predicted octanol–water partition coefficient (Wildman–Crippen LogP) is 6.55. The van der Waals surface area contributed by atoms with Gasteiger partial charge < -0.3 is 16.6 Å². The summed E-state index contributed by atoms with van der Waals surface area (Å²) in [6, 6.07) is 0. The fraction of sp³-hybridized carbons (Fsp3) is 0.958. The molecule has 0 radical (unpaired) electrons. The normalized spacial score (nSPS) is 13.5. The Morgan fingerprint density at radius 1 is 0.643 bits per heavy atom. The van der Waals surface area contributed by atoms with E-state index in [9.17, 15) is 9.90 Å². The minimum absolute atomic E-state index is 0.540. The van der Waals surface area contributed by atoms with E-state index in [1.807, 2.05) is 0 Å². The van der Waals surface area contributed by atoms with Crippen LogP contribution >= 0.6 is 0 Å². The fourth-order valence-electron chi connectivity index (χ4n) is 3.91. The van der Waals surface area contributed by atoms with Gasteiger partial charge in [0.25, 0.3) is 0 Å². The van der Waals surface area contributed by atoms with Crippen molar-refractivity contribution in [3.8, 4) is 0 Å². The van der Waals surface area contributed by atoms with Crippen molar-refractivity contribution in [1.82, 2.24) is 0 Å². The Balaban J connectivity index is 3.41. The second-order valence-corrected chi connectivity index (χ2v) is 8.76. The Morgan fingerprint density at radius 3 is 1.29 bits per heavy atom. The van der Waals surface area contributed by atoms with E-state index in [0.29, 0.717) is 19.4 Å². The van der Waals surface area contributed by atoms with Gasteiger partial charge in [-0.15, -0.1) is 0 Å². The number of aliphatic carboxylic acids is 1. The number of carboxylic acid groups (broad SMARTS) is 1. The topological polar surface area (TPSA) is 89.3 Å². The molecule has 0 saturated carbocycles. The first-order valence-electron chi connectivity index (χ1n) is 12.3. The highest BCUT2D eigenvalue weighted by atomic mass is 16.4. The smallest absolute Gasteiger partial charge is 0.323 e. The summed E-state index contributed by atoms with van der Waals surface area (Å²) < 4.78 is 0. The van der Waals surface area contributed by atoms with E-state index in [4.69, 9.17) is 11.5 Å². The molecule has 5 N–H and O–H groups in total. The van der Waals surface area contributed by atoms with E-state index >= 15 is 0 Å². The highest BCUT2D eigenvalue weighted by molar-refractivity contribution is 5.78. The molecular formula is C24H50N2O2. The van der Waals surface area contributed by atoms with Gasteiger partial charge in [-0.2, -0.15) is 0 Å². The van der Waals surface area contributed by atoms with Crippen molar-refractivity contribution < 1.29 is 9.90 Å².